The molecule has 226 valence electrons. The summed E-state index contributed by atoms with van der Waals surface area (Å²) in [6.07, 6.45) is 17.3. The first-order valence-electron chi connectivity index (χ1n) is 16.1. The number of phenols is 1. The number of anilines is 2. The minimum Gasteiger partial charge on any atom is -0.506 e. The summed E-state index contributed by atoms with van der Waals surface area (Å²) in [5.41, 5.74) is 2.68. The molecule has 0 unspecified atom stereocenters. The third kappa shape index (κ3) is 8.27. The van der Waals surface area contributed by atoms with Crippen LogP contribution in [0.1, 0.15) is 113 Å². The van der Waals surface area contributed by atoms with E-state index in [-0.39, 0.29) is 17.2 Å². The molecule has 2 N–H and O–H groups in total. The van der Waals surface area contributed by atoms with E-state index in [0.717, 1.165) is 42.3 Å². The number of hydrogen-bond donors (Lipinski definition) is 2. The van der Waals surface area contributed by atoms with E-state index in [1.54, 1.807) is 17.9 Å². The molecule has 0 saturated carbocycles. The fourth-order valence-corrected chi connectivity index (χ4v) is 5.99. The molecule has 1 heterocycles. The van der Waals surface area contributed by atoms with Crippen LogP contribution >= 0.6 is 0 Å². The maximum atomic E-state index is 13.3. The van der Waals surface area contributed by atoms with Crippen LogP contribution in [0.4, 0.5) is 11.4 Å². The van der Waals surface area contributed by atoms with Gasteiger partial charge in [-0.2, -0.15) is 0 Å². The van der Waals surface area contributed by atoms with Crippen LogP contribution in [-0.4, -0.2) is 30.1 Å². The molecule has 0 aromatic heterocycles. The Bertz CT molecular complexity index is 1340. The quantitative estimate of drug-likeness (QED) is 0.168. The molecule has 2 amide bonds. The summed E-state index contributed by atoms with van der Waals surface area (Å²) in [7, 11) is 0. The van der Waals surface area contributed by atoms with Crippen molar-refractivity contribution >= 4 is 34.0 Å². The largest absolute Gasteiger partial charge is 0.506 e. The summed E-state index contributed by atoms with van der Waals surface area (Å²) in [6.45, 7) is 5.08. The van der Waals surface area contributed by atoms with Gasteiger partial charge in [0, 0.05) is 24.2 Å². The number of carbonyl (C=O) groups excluding carboxylic acids is 2. The van der Waals surface area contributed by atoms with Crippen LogP contribution in [0, 0.1) is 0 Å². The lowest BCUT2D eigenvalue weighted by Crippen LogP contribution is -2.33. The molecule has 0 bridgehead atoms. The normalized spacial score (nSPS) is 12.8. The number of unbranched alkanes of at least 4 members (excludes halogenated alkanes) is 11. The van der Waals surface area contributed by atoms with E-state index in [1.165, 1.54) is 64.2 Å². The zero-order chi connectivity index (χ0) is 29.7. The Morgan fingerprint density at radius 2 is 1.48 bits per heavy atom. The van der Waals surface area contributed by atoms with Gasteiger partial charge in [-0.3, -0.25) is 9.59 Å². The number of nitrogens with zero attached hydrogens (tertiary/aromatic N) is 1. The molecule has 0 radical (unpaired) electrons. The first-order chi connectivity index (χ1) is 20.5. The van der Waals surface area contributed by atoms with Gasteiger partial charge in [0.1, 0.15) is 11.5 Å². The topological polar surface area (TPSA) is 78.9 Å². The average Bonchev–Trinajstić information content (AvgIpc) is 2.99. The number of nitrogens with one attached hydrogen (secondary N) is 1. The highest BCUT2D eigenvalue weighted by Gasteiger charge is 2.24. The molecule has 1 aliphatic rings. The van der Waals surface area contributed by atoms with E-state index in [4.69, 9.17) is 4.74 Å². The number of para-hydroxylation sites is 2. The maximum Gasteiger partial charge on any atom is 0.259 e. The van der Waals surface area contributed by atoms with Crippen molar-refractivity contribution in [3.05, 3.63) is 59.7 Å². The molecule has 6 heteroatoms. The Morgan fingerprint density at radius 1 is 0.833 bits per heavy atom. The number of hydrogen-bond acceptors (Lipinski definition) is 4. The van der Waals surface area contributed by atoms with Crippen LogP contribution in [0.3, 0.4) is 0 Å². The van der Waals surface area contributed by atoms with Crippen LogP contribution in [0.15, 0.2) is 48.5 Å². The fraction of sp³-hybridized carbons (Fsp3) is 0.500. The van der Waals surface area contributed by atoms with Crippen LogP contribution in [0.25, 0.3) is 10.8 Å². The van der Waals surface area contributed by atoms with Crippen molar-refractivity contribution in [3.8, 4) is 11.5 Å². The van der Waals surface area contributed by atoms with E-state index in [9.17, 15) is 14.7 Å². The van der Waals surface area contributed by atoms with E-state index in [1.807, 2.05) is 42.5 Å². The standard InChI is InChI=1S/C36H48N2O4/c1-3-4-5-6-7-8-9-10-11-12-13-16-26-42-33-20-15-14-19-32(33)37-36(41)31-24-23-29-30(35(31)40)22-21-28-18-17-25-38(27(2)39)34(28)29/h14-15,19-24,40H,3-13,16-18,25-26H2,1-2H3,(H,37,41). The number of phenolic OH excluding ortho intramolecular Hbond substituents is 1. The third-order valence-corrected chi connectivity index (χ3v) is 8.34. The number of fused-ring (bicyclic) bond motifs is 3. The second kappa shape index (κ2) is 16.2. The van der Waals surface area contributed by atoms with Crippen molar-refractivity contribution in [1.29, 1.82) is 0 Å². The number of benzene rings is 3. The minimum absolute atomic E-state index is 0.0233. The molecule has 0 saturated heterocycles. The average molecular weight is 573 g/mol. The van der Waals surface area contributed by atoms with Gasteiger partial charge >= 0.3 is 0 Å². The SMILES string of the molecule is CCCCCCCCCCCCCCOc1ccccc1NC(=O)c1ccc2c3c(ccc2c1O)CCCN3C(C)=O. The smallest absolute Gasteiger partial charge is 0.259 e. The zero-order valence-corrected chi connectivity index (χ0v) is 25.6. The van der Waals surface area contributed by atoms with Gasteiger partial charge in [-0.25, -0.2) is 0 Å². The Labute approximate surface area is 251 Å². The van der Waals surface area contributed by atoms with E-state index in [2.05, 4.69) is 12.2 Å². The highest BCUT2D eigenvalue weighted by atomic mass is 16.5. The summed E-state index contributed by atoms with van der Waals surface area (Å²) in [4.78, 5) is 27.4. The van der Waals surface area contributed by atoms with Gasteiger partial charge in [0.2, 0.25) is 5.91 Å². The molecule has 42 heavy (non-hydrogen) atoms. The van der Waals surface area contributed by atoms with E-state index in [0.29, 0.717) is 30.0 Å². The second-order valence-electron chi connectivity index (χ2n) is 11.6. The first-order valence-corrected chi connectivity index (χ1v) is 16.1. The number of rotatable bonds is 16. The van der Waals surface area contributed by atoms with Gasteiger partial charge in [0.25, 0.3) is 5.91 Å². The monoisotopic (exact) mass is 572 g/mol. The molecular formula is C36H48N2O4. The second-order valence-corrected chi connectivity index (χ2v) is 11.6. The van der Waals surface area contributed by atoms with Gasteiger partial charge in [-0.1, -0.05) is 108 Å². The number of aryl methyl sites for hydroxylation is 1. The van der Waals surface area contributed by atoms with Crippen LogP contribution in [0.5, 0.6) is 11.5 Å². The Hall–Kier alpha value is -3.54. The summed E-state index contributed by atoms with van der Waals surface area (Å²) in [5.74, 6) is 0.110. The summed E-state index contributed by atoms with van der Waals surface area (Å²) in [6, 6.07) is 14.7. The fourth-order valence-electron chi connectivity index (χ4n) is 5.99. The number of aromatic hydroxyl groups is 1. The van der Waals surface area contributed by atoms with Crippen molar-refractivity contribution in [1.82, 2.24) is 0 Å². The molecule has 0 aliphatic carbocycles. The van der Waals surface area contributed by atoms with Gasteiger partial charge in [0.15, 0.2) is 0 Å². The lowest BCUT2D eigenvalue weighted by Gasteiger charge is -2.30. The lowest BCUT2D eigenvalue weighted by molar-refractivity contribution is -0.116. The van der Waals surface area contributed by atoms with Crippen molar-refractivity contribution in [2.24, 2.45) is 0 Å². The molecule has 3 aromatic carbocycles. The Morgan fingerprint density at radius 3 is 2.17 bits per heavy atom. The first kappa shape index (κ1) is 31.4. The van der Waals surface area contributed by atoms with Crippen LogP contribution in [-0.2, 0) is 11.2 Å². The van der Waals surface area contributed by atoms with Crippen molar-refractivity contribution < 1.29 is 19.4 Å². The van der Waals surface area contributed by atoms with Crippen molar-refractivity contribution in [2.45, 2.75) is 104 Å². The molecular weight excluding hydrogens is 524 g/mol. The highest BCUT2D eigenvalue weighted by Crippen LogP contribution is 2.40. The summed E-state index contributed by atoms with van der Waals surface area (Å²) < 4.78 is 6.05. The minimum atomic E-state index is -0.406. The van der Waals surface area contributed by atoms with Gasteiger partial charge in [-0.15, -0.1) is 0 Å². The molecule has 4 rings (SSSR count). The Kier molecular flexibility index (Phi) is 12.1. The summed E-state index contributed by atoms with van der Waals surface area (Å²) >= 11 is 0. The van der Waals surface area contributed by atoms with Crippen molar-refractivity contribution in [2.75, 3.05) is 23.4 Å². The molecule has 1 aliphatic heterocycles. The van der Waals surface area contributed by atoms with E-state index >= 15 is 0 Å². The maximum absolute atomic E-state index is 13.3. The molecule has 3 aromatic rings. The number of amides is 2. The summed E-state index contributed by atoms with van der Waals surface area (Å²) in [5, 5.41) is 15.4. The zero-order valence-electron chi connectivity index (χ0n) is 25.6. The molecule has 0 spiro atoms. The van der Waals surface area contributed by atoms with Gasteiger partial charge in [0.05, 0.1) is 23.5 Å². The van der Waals surface area contributed by atoms with Crippen molar-refractivity contribution in [3.63, 3.8) is 0 Å². The molecule has 6 nitrogen and oxygen atoms in total. The van der Waals surface area contributed by atoms with Crippen LogP contribution < -0.4 is 15.0 Å². The number of ether oxygens (including phenoxy) is 1. The molecule has 0 atom stereocenters. The predicted molar refractivity (Wildman–Crippen MR) is 173 cm³/mol. The number of carbonyl (C=O) groups is 2. The third-order valence-electron chi connectivity index (χ3n) is 8.34. The highest BCUT2D eigenvalue weighted by molar-refractivity contribution is 6.13. The van der Waals surface area contributed by atoms with Gasteiger partial charge in [-0.05, 0) is 43.0 Å². The lowest BCUT2D eigenvalue weighted by atomic mass is 9.94. The van der Waals surface area contributed by atoms with Gasteiger partial charge < -0.3 is 20.1 Å². The molecule has 0 fully saturated rings. The van der Waals surface area contributed by atoms with Crippen LogP contribution in [0.2, 0.25) is 0 Å². The Balaban J connectivity index is 1.28. The predicted octanol–water partition coefficient (Wildman–Crippen LogP) is 9.18. The van der Waals surface area contributed by atoms with E-state index < -0.39 is 5.91 Å².